The Labute approximate surface area is 329 Å². The quantitative estimate of drug-likeness (QED) is 0.0654. The fourth-order valence-electron chi connectivity index (χ4n) is 7.13. The van der Waals surface area contributed by atoms with E-state index in [9.17, 15) is 9.90 Å². The zero-order valence-corrected chi connectivity index (χ0v) is 33.1. The third kappa shape index (κ3) is 14.8. The van der Waals surface area contributed by atoms with E-state index >= 15 is 0 Å². The number of rotatable bonds is 23. The normalized spacial score (nSPS) is 16.9. The van der Waals surface area contributed by atoms with Gasteiger partial charge in [-0.2, -0.15) is 0 Å². The number of para-hydroxylation sites is 1. The number of unbranched alkanes of at least 4 members (excludes halogenated alkanes) is 10. The van der Waals surface area contributed by atoms with Gasteiger partial charge in [0, 0.05) is 29.9 Å². The summed E-state index contributed by atoms with van der Waals surface area (Å²) in [4.78, 5) is 15.7. The number of ether oxygens (including phenoxy) is 3. The highest BCUT2D eigenvalue weighted by Gasteiger charge is 2.33. The molecule has 0 spiro atoms. The first-order valence-corrected chi connectivity index (χ1v) is 20.8. The van der Waals surface area contributed by atoms with Crippen molar-refractivity contribution in [2.75, 3.05) is 30.3 Å². The van der Waals surface area contributed by atoms with E-state index in [4.69, 9.17) is 14.2 Å². The van der Waals surface area contributed by atoms with Gasteiger partial charge in [0.05, 0.1) is 18.8 Å². The van der Waals surface area contributed by atoms with Gasteiger partial charge in [-0.3, -0.25) is 0 Å². The molecule has 1 aliphatic heterocycles. The van der Waals surface area contributed by atoms with Crippen LogP contribution in [0.3, 0.4) is 0 Å². The van der Waals surface area contributed by atoms with Crippen molar-refractivity contribution in [1.82, 2.24) is 4.90 Å². The number of anilines is 2. The van der Waals surface area contributed by atoms with Gasteiger partial charge in [0.2, 0.25) is 0 Å². The molecule has 1 heterocycles. The van der Waals surface area contributed by atoms with Crippen molar-refractivity contribution in [2.24, 2.45) is 0 Å². The highest BCUT2D eigenvalue weighted by atomic mass is 16.7. The Morgan fingerprint density at radius 2 is 1.29 bits per heavy atom. The van der Waals surface area contributed by atoms with Gasteiger partial charge in [0.1, 0.15) is 11.5 Å². The number of aliphatic hydroxyl groups excluding tert-OH is 1. The van der Waals surface area contributed by atoms with Crippen molar-refractivity contribution in [1.29, 1.82) is 0 Å². The zero-order valence-electron chi connectivity index (χ0n) is 33.1. The molecular formula is C47H63N3O5. The topological polar surface area (TPSA) is 92.3 Å². The van der Waals surface area contributed by atoms with E-state index in [1.165, 1.54) is 77.0 Å². The maximum atomic E-state index is 13.1. The van der Waals surface area contributed by atoms with Crippen LogP contribution in [0.5, 0.6) is 11.5 Å². The van der Waals surface area contributed by atoms with E-state index < -0.39 is 6.29 Å². The lowest BCUT2D eigenvalue weighted by atomic mass is 9.99. The summed E-state index contributed by atoms with van der Waals surface area (Å²) < 4.78 is 19.3. The fourth-order valence-corrected chi connectivity index (χ4v) is 7.13. The van der Waals surface area contributed by atoms with Gasteiger partial charge in [0.15, 0.2) is 6.29 Å². The number of hydrogen-bond donors (Lipinski definition) is 3. The van der Waals surface area contributed by atoms with Crippen molar-refractivity contribution in [3.63, 3.8) is 0 Å². The lowest BCUT2D eigenvalue weighted by molar-refractivity contribution is -0.253. The van der Waals surface area contributed by atoms with Gasteiger partial charge in [-0.05, 0) is 85.6 Å². The van der Waals surface area contributed by atoms with E-state index in [-0.39, 0.29) is 24.8 Å². The van der Waals surface area contributed by atoms with Gasteiger partial charge in [-0.1, -0.05) is 133 Å². The van der Waals surface area contributed by atoms with E-state index in [0.717, 1.165) is 48.5 Å². The minimum absolute atomic E-state index is 0.00731. The van der Waals surface area contributed by atoms with Crippen LogP contribution in [0.4, 0.5) is 16.2 Å². The molecule has 0 radical (unpaired) electrons. The third-order valence-corrected chi connectivity index (χ3v) is 10.2. The summed E-state index contributed by atoms with van der Waals surface area (Å²) in [7, 11) is 0. The van der Waals surface area contributed by atoms with Crippen LogP contribution >= 0.6 is 0 Å². The van der Waals surface area contributed by atoms with Crippen molar-refractivity contribution in [2.45, 2.75) is 122 Å². The molecule has 2 amide bonds. The maximum absolute atomic E-state index is 13.1. The predicted molar refractivity (Wildman–Crippen MR) is 224 cm³/mol. The number of nitrogens with zero attached hydrogens (tertiary/aromatic N) is 1. The van der Waals surface area contributed by atoms with Crippen molar-refractivity contribution >= 4 is 17.4 Å². The fraction of sp³-hybridized carbons (Fsp3) is 0.468. The van der Waals surface area contributed by atoms with Crippen LogP contribution in [-0.4, -0.2) is 41.8 Å². The molecule has 4 aromatic carbocycles. The van der Waals surface area contributed by atoms with Gasteiger partial charge in [0.25, 0.3) is 0 Å². The van der Waals surface area contributed by atoms with Gasteiger partial charge in [-0.15, -0.1) is 0 Å². The largest absolute Gasteiger partial charge is 0.457 e. The molecule has 3 atom stereocenters. The molecule has 0 aliphatic carbocycles. The first kappa shape index (κ1) is 41.9. The Morgan fingerprint density at radius 1 is 0.673 bits per heavy atom. The van der Waals surface area contributed by atoms with Crippen LogP contribution in [0, 0.1) is 0 Å². The minimum atomic E-state index is -0.604. The van der Waals surface area contributed by atoms with Crippen LogP contribution in [0.1, 0.15) is 126 Å². The van der Waals surface area contributed by atoms with Crippen molar-refractivity contribution in [3.05, 3.63) is 120 Å². The summed E-state index contributed by atoms with van der Waals surface area (Å²) >= 11 is 0. The lowest BCUT2D eigenvalue weighted by Crippen LogP contribution is -2.40. The summed E-state index contributed by atoms with van der Waals surface area (Å²) in [6.45, 7) is 7.56. The Bertz CT molecular complexity index is 1630. The summed E-state index contributed by atoms with van der Waals surface area (Å²) in [6.07, 6.45) is 15.3. The first-order valence-electron chi connectivity index (χ1n) is 20.8. The number of amides is 2. The highest BCUT2D eigenvalue weighted by molar-refractivity contribution is 5.99. The summed E-state index contributed by atoms with van der Waals surface area (Å²) in [6, 6.07) is 32.3. The zero-order chi connectivity index (χ0) is 38.5. The molecule has 8 heteroatoms. The molecule has 4 aromatic rings. The summed E-state index contributed by atoms with van der Waals surface area (Å²) in [5.74, 6) is 1.44. The first-order chi connectivity index (χ1) is 27.0. The van der Waals surface area contributed by atoms with Gasteiger partial charge in [-0.25, -0.2) is 4.79 Å². The number of carbonyl (C=O) groups excluding carboxylic acids is 1. The smallest absolute Gasteiger partial charge is 0.323 e. The molecule has 3 N–H and O–H groups in total. The van der Waals surface area contributed by atoms with Crippen molar-refractivity contribution in [3.8, 4) is 11.5 Å². The Kier molecular flexibility index (Phi) is 18.0. The maximum Gasteiger partial charge on any atom is 0.323 e. The summed E-state index contributed by atoms with van der Waals surface area (Å²) in [5.41, 5.74) is 4.09. The average Bonchev–Trinajstić information content (AvgIpc) is 3.21. The van der Waals surface area contributed by atoms with Crippen LogP contribution in [0.2, 0.25) is 0 Å². The number of benzene rings is 4. The predicted octanol–water partition coefficient (Wildman–Crippen LogP) is 12.2. The monoisotopic (exact) mass is 749 g/mol. The molecule has 5 rings (SSSR count). The lowest BCUT2D eigenvalue weighted by Gasteiger charge is -2.38. The Balaban J connectivity index is 1.24. The van der Waals surface area contributed by atoms with E-state index in [0.29, 0.717) is 17.1 Å². The third-order valence-electron chi connectivity index (χ3n) is 10.2. The molecule has 1 fully saturated rings. The molecule has 0 unspecified atom stereocenters. The molecule has 55 heavy (non-hydrogen) atoms. The van der Waals surface area contributed by atoms with E-state index in [2.05, 4.69) is 41.5 Å². The SMILES string of the molecule is CCCCCCCCN(CCCCCCCC)C[C@@H]1C[C@H](c2ccc(CO)cc2)O[C@H](c2cccc(NC(=O)Nc3ccc(Oc4ccccc4)cc3)c2)O1. The Morgan fingerprint density at radius 3 is 1.95 bits per heavy atom. The molecule has 1 saturated heterocycles. The highest BCUT2D eigenvalue weighted by Crippen LogP contribution is 2.39. The van der Waals surface area contributed by atoms with Crippen LogP contribution in [0.15, 0.2) is 103 Å². The van der Waals surface area contributed by atoms with Crippen molar-refractivity contribution < 1.29 is 24.1 Å². The molecule has 296 valence electrons. The second kappa shape index (κ2) is 23.7. The van der Waals surface area contributed by atoms with E-state index in [1.807, 2.05) is 91.0 Å². The number of hydrogen-bond acceptors (Lipinski definition) is 6. The van der Waals surface area contributed by atoms with Crippen LogP contribution < -0.4 is 15.4 Å². The van der Waals surface area contributed by atoms with Gasteiger partial charge >= 0.3 is 6.03 Å². The average molecular weight is 750 g/mol. The van der Waals surface area contributed by atoms with E-state index in [1.54, 1.807) is 0 Å². The molecule has 0 aromatic heterocycles. The standard InChI is InChI=1S/C47H63N3O5/c1-3-5-7-9-11-16-31-50(32-17-12-10-8-6-4-2)35-44-34-45(38-25-23-37(36-51)24-26-38)55-46(54-44)39-19-18-20-41(33-39)49-47(52)48-40-27-29-43(30-28-40)53-42-21-14-13-15-22-42/h13-15,18-30,33,44-46,51H,3-12,16-17,31-32,34-36H2,1-2H3,(H2,48,49,52)/t44-,45+,46+/m0/s1. The van der Waals surface area contributed by atoms with Crippen LogP contribution in [-0.2, 0) is 16.1 Å². The Hall–Kier alpha value is -4.21. The molecule has 0 bridgehead atoms. The number of nitrogens with one attached hydrogen (secondary N) is 2. The second-order valence-electron chi connectivity index (χ2n) is 14.8. The molecule has 1 aliphatic rings. The molecule has 8 nitrogen and oxygen atoms in total. The minimum Gasteiger partial charge on any atom is -0.457 e. The molecular weight excluding hydrogens is 687 g/mol. The van der Waals surface area contributed by atoms with Crippen LogP contribution in [0.25, 0.3) is 0 Å². The molecule has 0 saturated carbocycles. The number of urea groups is 1. The van der Waals surface area contributed by atoms with Gasteiger partial charge < -0.3 is 34.9 Å². The number of carbonyl (C=O) groups is 1. The summed E-state index contributed by atoms with van der Waals surface area (Å²) in [5, 5.41) is 15.6. The number of aliphatic hydroxyl groups is 1. The second-order valence-corrected chi connectivity index (χ2v) is 14.8.